The lowest BCUT2D eigenvalue weighted by Gasteiger charge is -2.19. The molecule has 31 heavy (non-hydrogen) atoms. The van der Waals surface area contributed by atoms with E-state index in [-0.39, 0.29) is 18.2 Å². The fraction of sp³-hybridized carbons (Fsp3) is 0.217. The highest BCUT2D eigenvalue weighted by molar-refractivity contribution is 5.87. The third-order valence-corrected chi connectivity index (χ3v) is 4.89. The van der Waals surface area contributed by atoms with Crippen molar-refractivity contribution in [1.82, 2.24) is 14.9 Å². The van der Waals surface area contributed by atoms with Gasteiger partial charge in [-0.1, -0.05) is 18.7 Å². The summed E-state index contributed by atoms with van der Waals surface area (Å²) in [6.45, 7) is 4.99. The van der Waals surface area contributed by atoms with Crippen molar-refractivity contribution >= 4 is 5.91 Å². The van der Waals surface area contributed by atoms with Crippen molar-refractivity contribution in [3.63, 3.8) is 0 Å². The number of fused-ring (bicyclic) bond motifs is 1. The number of nitrogens with zero attached hydrogens (tertiary/aromatic N) is 2. The zero-order chi connectivity index (χ0) is 22.0. The lowest BCUT2D eigenvalue weighted by atomic mass is 9.95. The van der Waals surface area contributed by atoms with E-state index < -0.39 is 6.11 Å². The average Bonchev–Trinajstić information content (AvgIpc) is 3.43. The summed E-state index contributed by atoms with van der Waals surface area (Å²) in [7, 11) is 0. The third-order valence-electron chi connectivity index (χ3n) is 4.89. The van der Waals surface area contributed by atoms with Crippen LogP contribution in [0.25, 0.3) is 16.8 Å². The minimum atomic E-state index is -3.26. The smallest absolute Gasteiger partial charge is 0.394 e. The lowest BCUT2D eigenvalue weighted by molar-refractivity contribution is -0.158. The second kappa shape index (κ2) is 8.22. The zero-order valence-corrected chi connectivity index (χ0v) is 16.9. The van der Waals surface area contributed by atoms with E-state index in [0.29, 0.717) is 20.0 Å². The number of aromatic nitrogens is 2. The molecule has 0 unspecified atom stereocenters. The highest BCUT2D eigenvalue weighted by atomic mass is 19.3. The molecule has 1 N–H and O–H groups in total. The molecule has 0 saturated heterocycles. The predicted molar refractivity (Wildman–Crippen MR) is 111 cm³/mol. The number of amides is 1. The SMILES string of the molecule is C=CC(=O)NCc1cc(-c2ccc(OC(C)(F)F)cc2)c2c(c1-n1ccnc1)CCO2. The molecular weight excluding hydrogens is 404 g/mol. The number of hydrogen-bond donors (Lipinski definition) is 1. The number of hydrogen-bond acceptors (Lipinski definition) is 4. The summed E-state index contributed by atoms with van der Waals surface area (Å²) in [4.78, 5) is 15.9. The molecule has 0 atom stereocenters. The first-order valence-corrected chi connectivity index (χ1v) is 9.73. The Morgan fingerprint density at radius 1 is 1.39 bits per heavy atom. The van der Waals surface area contributed by atoms with E-state index >= 15 is 0 Å². The molecule has 2 heterocycles. The number of halogens is 2. The molecule has 6 nitrogen and oxygen atoms in total. The highest BCUT2D eigenvalue weighted by Gasteiger charge is 2.26. The quantitative estimate of drug-likeness (QED) is 0.575. The van der Waals surface area contributed by atoms with E-state index in [2.05, 4.69) is 21.6 Å². The van der Waals surface area contributed by atoms with Crippen molar-refractivity contribution in [2.24, 2.45) is 0 Å². The molecule has 8 heteroatoms. The summed E-state index contributed by atoms with van der Waals surface area (Å²) >= 11 is 0. The Labute approximate surface area is 178 Å². The van der Waals surface area contributed by atoms with Gasteiger partial charge in [0.2, 0.25) is 5.91 Å². The maximum absolute atomic E-state index is 13.1. The number of imidazole rings is 1. The van der Waals surface area contributed by atoms with Crippen molar-refractivity contribution in [2.75, 3.05) is 6.61 Å². The molecule has 0 radical (unpaired) electrons. The van der Waals surface area contributed by atoms with Crippen molar-refractivity contribution in [1.29, 1.82) is 0 Å². The third kappa shape index (κ3) is 4.42. The molecule has 3 aromatic rings. The van der Waals surface area contributed by atoms with Crippen LogP contribution in [0.5, 0.6) is 11.5 Å². The van der Waals surface area contributed by atoms with Gasteiger partial charge in [-0.05, 0) is 35.4 Å². The molecule has 1 amide bonds. The molecule has 0 spiro atoms. The Kier molecular flexibility index (Phi) is 5.46. The second-order valence-electron chi connectivity index (χ2n) is 7.16. The van der Waals surface area contributed by atoms with Crippen LogP contribution in [-0.2, 0) is 17.8 Å². The maximum Gasteiger partial charge on any atom is 0.394 e. The monoisotopic (exact) mass is 425 g/mol. The van der Waals surface area contributed by atoms with Gasteiger partial charge in [0, 0.05) is 43.4 Å². The molecule has 1 aromatic heterocycles. The van der Waals surface area contributed by atoms with Gasteiger partial charge in [0.15, 0.2) is 0 Å². The predicted octanol–water partition coefficient (Wildman–Crippen LogP) is 4.27. The Balaban J connectivity index is 1.79. The van der Waals surface area contributed by atoms with Gasteiger partial charge in [-0.3, -0.25) is 4.79 Å². The Morgan fingerprint density at radius 2 is 2.16 bits per heavy atom. The van der Waals surface area contributed by atoms with Crippen molar-refractivity contribution in [2.45, 2.75) is 26.0 Å². The molecule has 2 aromatic carbocycles. The summed E-state index contributed by atoms with van der Waals surface area (Å²) in [5.41, 5.74) is 4.38. The summed E-state index contributed by atoms with van der Waals surface area (Å²) in [5, 5.41) is 2.82. The van der Waals surface area contributed by atoms with E-state index in [1.54, 1.807) is 24.7 Å². The fourth-order valence-electron chi connectivity index (χ4n) is 3.65. The van der Waals surface area contributed by atoms with E-state index in [4.69, 9.17) is 4.74 Å². The first-order valence-electron chi connectivity index (χ1n) is 9.73. The van der Waals surface area contributed by atoms with Crippen LogP contribution < -0.4 is 14.8 Å². The minimum absolute atomic E-state index is 0.0716. The highest BCUT2D eigenvalue weighted by Crippen LogP contribution is 2.42. The Morgan fingerprint density at radius 3 is 2.81 bits per heavy atom. The van der Waals surface area contributed by atoms with Crippen molar-refractivity contribution < 1.29 is 23.0 Å². The van der Waals surface area contributed by atoms with E-state index in [1.807, 2.05) is 16.8 Å². The number of rotatable bonds is 7. The number of benzene rings is 2. The van der Waals surface area contributed by atoms with Crippen LogP contribution in [0.1, 0.15) is 18.1 Å². The molecule has 0 saturated carbocycles. The topological polar surface area (TPSA) is 65.4 Å². The maximum atomic E-state index is 13.1. The van der Waals surface area contributed by atoms with Gasteiger partial charge in [0.05, 0.1) is 18.6 Å². The van der Waals surface area contributed by atoms with E-state index in [9.17, 15) is 13.6 Å². The number of ether oxygens (including phenoxy) is 2. The van der Waals surface area contributed by atoms with Crippen LogP contribution in [0.15, 0.2) is 61.7 Å². The Bertz CT molecular complexity index is 1100. The second-order valence-corrected chi connectivity index (χ2v) is 7.16. The molecule has 4 rings (SSSR count). The first-order chi connectivity index (χ1) is 14.9. The average molecular weight is 425 g/mol. The number of carbonyl (C=O) groups excluding carboxylic acids is 1. The zero-order valence-electron chi connectivity index (χ0n) is 16.9. The van der Waals surface area contributed by atoms with E-state index in [1.165, 1.54) is 18.2 Å². The van der Waals surface area contributed by atoms with Gasteiger partial charge in [-0.2, -0.15) is 8.78 Å². The summed E-state index contributed by atoms with van der Waals surface area (Å²) in [5.74, 6) is 0.524. The van der Waals surface area contributed by atoms with Gasteiger partial charge in [-0.15, -0.1) is 0 Å². The standard InChI is InChI=1S/C23H21F2N3O3/c1-3-20(29)27-13-16-12-19(15-4-6-17(7-5-15)31-23(2,24)25)22-18(8-11-30-22)21(16)28-10-9-26-14-28/h3-7,9-10,12,14H,1,8,11,13H2,2H3,(H,27,29). The van der Waals surface area contributed by atoms with Crippen LogP contribution in [0, 0.1) is 0 Å². The number of alkyl halides is 2. The Hall–Kier alpha value is -3.68. The van der Waals surface area contributed by atoms with Gasteiger partial charge >= 0.3 is 6.11 Å². The van der Waals surface area contributed by atoms with Gasteiger partial charge in [0.25, 0.3) is 0 Å². The minimum Gasteiger partial charge on any atom is -0.492 e. The molecule has 0 fully saturated rings. The summed E-state index contributed by atoms with van der Waals surface area (Å²) < 4.78 is 38.7. The van der Waals surface area contributed by atoms with Crippen molar-refractivity contribution in [3.05, 3.63) is 72.8 Å². The van der Waals surface area contributed by atoms with Crippen LogP contribution in [0.3, 0.4) is 0 Å². The van der Waals surface area contributed by atoms with Gasteiger partial charge in [-0.25, -0.2) is 4.98 Å². The summed E-state index contributed by atoms with van der Waals surface area (Å²) in [6.07, 6.45) is 3.88. The molecular formula is C23H21F2N3O3. The van der Waals surface area contributed by atoms with Crippen molar-refractivity contribution in [3.8, 4) is 28.3 Å². The summed E-state index contributed by atoms with van der Waals surface area (Å²) in [6, 6.07) is 8.35. The lowest BCUT2D eigenvalue weighted by Crippen LogP contribution is -2.21. The van der Waals surface area contributed by atoms with E-state index in [0.717, 1.165) is 33.7 Å². The number of carbonyl (C=O) groups is 1. The molecule has 0 aliphatic carbocycles. The first kappa shape index (κ1) is 20.6. The van der Waals surface area contributed by atoms with Crippen LogP contribution in [0.2, 0.25) is 0 Å². The van der Waals surface area contributed by atoms with Gasteiger partial charge in [0.1, 0.15) is 11.5 Å². The van der Waals surface area contributed by atoms with Crippen LogP contribution in [-0.4, -0.2) is 28.2 Å². The molecule has 1 aliphatic heterocycles. The number of nitrogens with one attached hydrogen (secondary N) is 1. The largest absolute Gasteiger partial charge is 0.492 e. The fourth-order valence-corrected chi connectivity index (χ4v) is 3.65. The molecule has 0 bridgehead atoms. The van der Waals surface area contributed by atoms with Crippen LogP contribution >= 0.6 is 0 Å². The normalized spacial score (nSPS) is 12.7. The molecule has 1 aliphatic rings. The van der Waals surface area contributed by atoms with Gasteiger partial charge < -0.3 is 19.4 Å². The molecule has 160 valence electrons. The van der Waals surface area contributed by atoms with Crippen LogP contribution in [0.4, 0.5) is 8.78 Å².